The molecule has 10 nitrogen and oxygen atoms in total. The number of nitrogens with zero attached hydrogens (tertiary/aromatic N) is 7. The zero-order valence-corrected chi connectivity index (χ0v) is 19.1. The van der Waals surface area contributed by atoms with Crippen molar-refractivity contribution in [3.63, 3.8) is 0 Å². The van der Waals surface area contributed by atoms with Gasteiger partial charge in [0.15, 0.2) is 11.5 Å². The van der Waals surface area contributed by atoms with E-state index >= 15 is 0 Å². The van der Waals surface area contributed by atoms with Gasteiger partial charge in [-0.3, -0.25) is 4.79 Å². The van der Waals surface area contributed by atoms with Crippen molar-refractivity contribution in [2.75, 3.05) is 36.0 Å². The molecule has 1 aromatic carbocycles. The number of fused-ring (bicyclic) bond motifs is 1. The van der Waals surface area contributed by atoms with Crippen LogP contribution in [0.1, 0.15) is 36.0 Å². The summed E-state index contributed by atoms with van der Waals surface area (Å²) in [5.74, 6) is 0.0153. The molecule has 1 amide bonds. The van der Waals surface area contributed by atoms with E-state index in [1.807, 2.05) is 17.0 Å². The minimum atomic E-state index is -0.461. The van der Waals surface area contributed by atoms with Crippen LogP contribution in [0.2, 0.25) is 0 Å². The fourth-order valence-electron chi connectivity index (χ4n) is 4.67. The van der Waals surface area contributed by atoms with Crippen LogP contribution in [-0.2, 0) is 4.79 Å². The van der Waals surface area contributed by atoms with Crippen molar-refractivity contribution in [3.8, 4) is 0 Å². The number of benzene rings is 1. The zero-order valence-electron chi connectivity index (χ0n) is 19.1. The van der Waals surface area contributed by atoms with Gasteiger partial charge in [-0.15, -0.1) is 5.10 Å². The molecule has 0 spiro atoms. The van der Waals surface area contributed by atoms with Crippen molar-refractivity contribution < 1.29 is 18.1 Å². The van der Waals surface area contributed by atoms with Gasteiger partial charge in [0.2, 0.25) is 5.91 Å². The second-order valence-electron chi connectivity index (χ2n) is 8.70. The molecule has 4 aromatic rings. The highest BCUT2D eigenvalue weighted by Gasteiger charge is 2.30. The maximum atomic E-state index is 14.5. The van der Waals surface area contributed by atoms with Crippen molar-refractivity contribution in [1.82, 2.24) is 30.1 Å². The lowest BCUT2D eigenvalue weighted by atomic mass is 10.0. The molecule has 0 unspecified atom stereocenters. The first-order valence-electron chi connectivity index (χ1n) is 11.6. The topological polar surface area (TPSA) is 105 Å². The number of nitrogens with one attached hydrogen (secondary N) is 1. The molecular formula is C24H22F2N8O2. The van der Waals surface area contributed by atoms with E-state index in [2.05, 4.69) is 20.4 Å². The molecule has 3 aromatic heterocycles. The molecule has 5 heterocycles. The van der Waals surface area contributed by atoms with Gasteiger partial charge in [0.25, 0.3) is 0 Å². The zero-order chi connectivity index (χ0) is 24.6. The van der Waals surface area contributed by atoms with Crippen LogP contribution >= 0.6 is 0 Å². The Bertz CT molecular complexity index is 1470. The molecule has 2 aliphatic heterocycles. The van der Waals surface area contributed by atoms with E-state index in [4.69, 9.17) is 9.62 Å². The minimum Gasteiger partial charge on any atom is -0.353 e. The highest BCUT2D eigenvalue weighted by Crippen LogP contribution is 2.36. The van der Waals surface area contributed by atoms with Crippen LogP contribution in [0, 0.1) is 11.6 Å². The predicted octanol–water partition coefficient (Wildman–Crippen LogP) is 2.84. The number of rotatable bonds is 5. The Hall–Kier alpha value is -4.35. The first-order chi connectivity index (χ1) is 17.5. The van der Waals surface area contributed by atoms with Gasteiger partial charge in [-0.25, -0.2) is 18.3 Å². The third-order valence-corrected chi connectivity index (χ3v) is 6.38. The lowest BCUT2D eigenvalue weighted by Crippen LogP contribution is -2.47. The van der Waals surface area contributed by atoms with E-state index in [0.717, 1.165) is 12.5 Å². The molecule has 1 atom stereocenters. The van der Waals surface area contributed by atoms with E-state index in [-0.39, 0.29) is 24.5 Å². The van der Waals surface area contributed by atoms with Crippen LogP contribution in [0.25, 0.3) is 17.8 Å². The summed E-state index contributed by atoms with van der Waals surface area (Å²) in [4.78, 5) is 24.1. The first-order valence-corrected chi connectivity index (χ1v) is 11.6. The van der Waals surface area contributed by atoms with E-state index in [9.17, 15) is 13.6 Å². The molecule has 6 rings (SSSR count). The standard InChI is InChI=1S/C24H22F2N8O2/c25-15-3-5-18(26)17(12-15)19-2-1-10-33(19)22-8-7-21-28-13-16(34(21)30-22)4-6-20-29-24(36-31-20)32-11-9-27-23(35)14-32/h3-8,12-13,19H,1-2,9-11,14H2,(H,27,35)/b6-4+/t19-/m1/s1. The van der Waals surface area contributed by atoms with Gasteiger partial charge in [0, 0.05) is 25.2 Å². The number of hydrogen-bond donors (Lipinski definition) is 1. The number of carbonyl (C=O) groups excluding carboxylic acids is 1. The van der Waals surface area contributed by atoms with E-state index < -0.39 is 11.6 Å². The lowest BCUT2D eigenvalue weighted by molar-refractivity contribution is -0.120. The molecule has 0 aliphatic carbocycles. The second-order valence-corrected chi connectivity index (χ2v) is 8.70. The summed E-state index contributed by atoms with van der Waals surface area (Å²) in [7, 11) is 0. The Morgan fingerprint density at radius 2 is 2.06 bits per heavy atom. The first kappa shape index (κ1) is 22.1. The third-order valence-electron chi connectivity index (χ3n) is 6.38. The van der Waals surface area contributed by atoms with Crippen LogP contribution < -0.4 is 15.1 Å². The average molecular weight is 492 g/mol. The monoisotopic (exact) mass is 492 g/mol. The van der Waals surface area contributed by atoms with Gasteiger partial charge < -0.3 is 19.6 Å². The molecule has 1 N–H and O–H groups in total. The normalized spacial score (nSPS) is 18.5. The summed E-state index contributed by atoms with van der Waals surface area (Å²) < 4.78 is 35.3. The number of hydrogen-bond acceptors (Lipinski definition) is 8. The highest BCUT2D eigenvalue weighted by molar-refractivity contribution is 5.81. The van der Waals surface area contributed by atoms with Crippen molar-refractivity contribution >= 4 is 35.5 Å². The molecule has 12 heteroatoms. The number of aromatic nitrogens is 5. The van der Waals surface area contributed by atoms with Gasteiger partial charge in [-0.05, 0) is 55.3 Å². The van der Waals surface area contributed by atoms with Crippen molar-refractivity contribution in [2.45, 2.75) is 18.9 Å². The maximum absolute atomic E-state index is 14.5. The number of piperazine rings is 1. The number of anilines is 2. The highest BCUT2D eigenvalue weighted by atomic mass is 19.1. The predicted molar refractivity (Wildman–Crippen MR) is 127 cm³/mol. The van der Waals surface area contributed by atoms with Crippen LogP contribution in [0.15, 0.2) is 41.1 Å². The number of halogens is 2. The van der Waals surface area contributed by atoms with Crippen molar-refractivity contribution in [3.05, 3.63) is 65.2 Å². The molecule has 2 fully saturated rings. The minimum absolute atomic E-state index is 0.0930. The van der Waals surface area contributed by atoms with Crippen molar-refractivity contribution in [2.24, 2.45) is 0 Å². The summed E-state index contributed by atoms with van der Waals surface area (Å²) in [6.45, 7) is 1.96. The molecule has 36 heavy (non-hydrogen) atoms. The van der Waals surface area contributed by atoms with Crippen LogP contribution in [0.3, 0.4) is 0 Å². The molecule has 0 radical (unpaired) electrons. The summed E-state index contributed by atoms with van der Waals surface area (Å²) in [5, 5.41) is 11.5. The van der Waals surface area contributed by atoms with Crippen LogP contribution in [0.4, 0.5) is 20.6 Å². The van der Waals surface area contributed by atoms with Gasteiger partial charge in [0.05, 0.1) is 17.9 Å². The fourth-order valence-corrected chi connectivity index (χ4v) is 4.67. The molecule has 0 bridgehead atoms. The van der Waals surface area contributed by atoms with E-state index in [0.29, 0.717) is 54.6 Å². The van der Waals surface area contributed by atoms with Crippen LogP contribution in [0.5, 0.6) is 0 Å². The molecule has 0 saturated carbocycles. The molecule has 184 valence electrons. The van der Waals surface area contributed by atoms with E-state index in [1.54, 1.807) is 27.8 Å². The number of imidazole rings is 1. The van der Waals surface area contributed by atoms with Crippen LogP contribution in [-0.4, -0.2) is 56.8 Å². The third kappa shape index (κ3) is 4.14. The Labute approximate surface area is 204 Å². The Morgan fingerprint density at radius 1 is 1.14 bits per heavy atom. The van der Waals surface area contributed by atoms with Gasteiger partial charge in [-0.2, -0.15) is 4.98 Å². The maximum Gasteiger partial charge on any atom is 0.324 e. The quantitative estimate of drug-likeness (QED) is 0.454. The lowest BCUT2D eigenvalue weighted by Gasteiger charge is -2.26. The summed E-state index contributed by atoms with van der Waals surface area (Å²) in [6, 6.07) is 7.21. The average Bonchev–Trinajstić information content (AvgIpc) is 3.63. The Kier molecular flexibility index (Phi) is 5.55. The van der Waals surface area contributed by atoms with Gasteiger partial charge in [0.1, 0.15) is 24.0 Å². The van der Waals surface area contributed by atoms with Gasteiger partial charge >= 0.3 is 6.01 Å². The Balaban J connectivity index is 1.26. The molecule has 2 saturated heterocycles. The van der Waals surface area contributed by atoms with E-state index in [1.165, 1.54) is 12.1 Å². The van der Waals surface area contributed by atoms with Gasteiger partial charge in [-0.1, -0.05) is 5.16 Å². The number of amides is 1. The summed E-state index contributed by atoms with van der Waals surface area (Å²) >= 11 is 0. The largest absolute Gasteiger partial charge is 0.353 e. The molecule has 2 aliphatic rings. The summed E-state index contributed by atoms with van der Waals surface area (Å²) in [5.41, 5.74) is 1.65. The SMILES string of the molecule is O=C1CN(c2nc(/C=C/c3cnc4ccc(N5CCC[C@@H]5c5cc(F)ccc5F)nn34)no2)CCN1. The van der Waals surface area contributed by atoms with Crippen molar-refractivity contribution in [1.29, 1.82) is 0 Å². The fraction of sp³-hybridized carbons (Fsp3) is 0.292. The molecular weight excluding hydrogens is 470 g/mol. The smallest absolute Gasteiger partial charge is 0.324 e. The number of carbonyl (C=O) groups is 1. The Morgan fingerprint density at radius 3 is 2.94 bits per heavy atom. The second kappa shape index (κ2) is 9.02. The summed E-state index contributed by atoms with van der Waals surface area (Å²) in [6.07, 6.45) is 6.66.